The van der Waals surface area contributed by atoms with Crippen LogP contribution in [0, 0.1) is 22.2 Å². The zero-order chi connectivity index (χ0) is 15.9. The van der Waals surface area contributed by atoms with Crippen molar-refractivity contribution < 1.29 is 33.3 Å². The molecule has 7 heteroatoms. The van der Waals surface area contributed by atoms with Gasteiger partial charge in [-0.1, -0.05) is 0 Å². The molecule has 3 spiro atoms. The Morgan fingerprint density at radius 3 is 2.39 bits per heavy atom. The van der Waals surface area contributed by atoms with Crippen LogP contribution in [0.3, 0.4) is 0 Å². The first kappa shape index (κ1) is 13.1. The Labute approximate surface area is 132 Å². The third kappa shape index (κ3) is 0.740. The van der Waals surface area contributed by atoms with Crippen molar-refractivity contribution in [1.82, 2.24) is 0 Å². The Bertz CT molecular complexity index is 684. The van der Waals surface area contributed by atoms with E-state index in [1.807, 2.05) is 0 Å². The van der Waals surface area contributed by atoms with Crippen molar-refractivity contribution in [1.29, 1.82) is 0 Å². The highest BCUT2D eigenvalue weighted by molar-refractivity contribution is 6.06. The Morgan fingerprint density at radius 1 is 1.04 bits per heavy atom. The average Bonchev–Trinajstić information content (AvgIpc) is 2.99. The zero-order valence-electron chi connectivity index (χ0n) is 13.0. The van der Waals surface area contributed by atoms with E-state index in [0.29, 0.717) is 13.2 Å². The van der Waals surface area contributed by atoms with E-state index in [4.69, 9.17) is 23.7 Å². The minimum absolute atomic E-state index is 0.0556. The molecule has 0 aromatic carbocycles. The molecule has 7 aliphatic rings. The van der Waals surface area contributed by atoms with Gasteiger partial charge in [0.2, 0.25) is 0 Å². The largest absolute Gasteiger partial charge is 0.468 e. The van der Waals surface area contributed by atoms with Crippen LogP contribution >= 0.6 is 0 Å². The zero-order valence-corrected chi connectivity index (χ0v) is 13.0. The highest BCUT2D eigenvalue weighted by Gasteiger charge is 3.27. The van der Waals surface area contributed by atoms with Crippen molar-refractivity contribution in [2.45, 2.75) is 36.8 Å². The molecule has 4 saturated carbocycles. The summed E-state index contributed by atoms with van der Waals surface area (Å²) in [7, 11) is 2.73. The van der Waals surface area contributed by atoms with E-state index in [9.17, 15) is 9.59 Å². The van der Waals surface area contributed by atoms with Crippen molar-refractivity contribution >= 4 is 11.9 Å². The first-order valence-corrected chi connectivity index (χ1v) is 8.21. The normalized spacial score (nSPS) is 58.0. The highest BCUT2D eigenvalue weighted by atomic mass is 16.7. The minimum Gasteiger partial charge on any atom is -0.468 e. The van der Waals surface area contributed by atoms with Gasteiger partial charge in [0.1, 0.15) is 10.8 Å². The van der Waals surface area contributed by atoms with Gasteiger partial charge in [0.25, 0.3) is 0 Å². The highest BCUT2D eigenvalue weighted by Crippen LogP contribution is 3.13. The molecule has 23 heavy (non-hydrogen) atoms. The maximum absolute atomic E-state index is 12.9. The van der Waals surface area contributed by atoms with Gasteiger partial charge >= 0.3 is 11.9 Å². The van der Waals surface area contributed by atoms with E-state index < -0.39 is 27.6 Å². The molecule has 124 valence electrons. The molecular weight excluding hydrogens is 304 g/mol. The van der Waals surface area contributed by atoms with Crippen LogP contribution in [0.25, 0.3) is 0 Å². The Kier molecular flexibility index (Phi) is 1.81. The molecule has 3 aliphatic heterocycles. The molecule has 0 N–H and O–H groups in total. The summed E-state index contributed by atoms with van der Waals surface area (Å²) in [5.41, 5.74) is -3.14. The van der Waals surface area contributed by atoms with Gasteiger partial charge in [-0.3, -0.25) is 9.59 Å². The standard InChI is InChI=1S/C16H18O7/c1-19-10(17)14-8-9(14)23-12-4-3-5-13(21-6-7-22-13)15(8,12)16(12,14)11(18)20-2/h8-9H,3-7H2,1-2H3. The van der Waals surface area contributed by atoms with Crippen LogP contribution in [0.1, 0.15) is 19.3 Å². The SMILES string of the molecule is COC(=O)C12C3OC45CCCC6(OCCO6)C4(C31)C25C(=O)OC. The summed E-state index contributed by atoms with van der Waals surface area (Å²) >= 11 is 0. The Morgan fingerprint density at radius 2 is 1.74 bits per heavy atom. The lowest BCUT2D eigenvalue weighted by Gasteiger charge is -2.47. The van der Waals surface area contributed by atoms with Crippen molar-refractivity contribution in [2.24, 2.45) is 22.2 Å². The summed E-state index contributed by atoms with van der Waals surface area (Å²) in [6.07, 6.45) is 2.05. The maximum Gasteiger partial charge on any atom is 0.317 e. The molecule has 0 aromatic rings. The van der Waals surface area contributed by atoms with Crippen molar-refractivity contribution in [3.8, 4) is 0 Å². The monoisotopic (exact) mass is 322 g/mol. The number of methoxy groups -OCH3 is 2. The van der Waals surface area contributed by atoms with Gasteiger partial charge in [-0.2, -0.15) is 0 Å². The number of hydrogen-bond acceptors (Lipinski definition) is 7. The summed E-state index contributed by atoms with van der Waals surface area (Å²) in [5, 5.41) is 0. The summed E-state index contributed by atoms with van der Waals surface area (Å²) < 4.78 is 28.7. The van der Waals surface area contributed by atoms with Gasteiger partial charge in [0, 0.05) is 12.3 Å². The first-order valence-electron chi connectivity index (χ1n) is 8.21. The smallest absolute Gasteiger partial charge is 0.317 e. The molecule has 3 heterocycles. The Balaban J connectivity index is 1.61. The fourth-order valence-electron chi connectivity index (χ4n) is 7.70. The van der Waals surface area contributed by atoms with Gasteiger partial charge in [0.05, 0.1) is 44.6 Å². The van der Waals surface area contributed by atoms with E-state index in [0.717, 1.165) is 19.3 Å². The number of hydrogen-bond donors (Lipinski definition) is 0. The molecule has 3 saturated heterocycles. The minimum atomic E-state index is -0.995. The molecular formula is C16H18O7. The molecule has 2 bridgehead atoms. The predicted molar refractivity (Wildman–Crippen MR) is 70.9 cm³/mol. The van der Waals surface area contributed by atoms with Gasteiger partial charge < -0.3 is 23.7 Å². The van der Waals surface area contributed by atoms with Crippen molar-refractivity contribution in [3.05, 3.63) is 0 Å². The summed E-state index contributed by atoms with van der Waals surface area (Å²) in [6, 6.07) is 0. The fraction of sp³-hybridized carbons (Fsp3) is 0.875. The lowest BCUT2D eigenvalue weighted by molar-refractivity contribution is -0.267. The number of carbonyl (C=O) groups excluding carboxylic acids is 2. The topological polar surface area (TPSA) is 80.3 Å². The summed E-state index contributed by atoms with van der Waals surface area (Å²) in [4.78, 5) is 25.5. The lowest BCUT2D eigenvalue weighted by Crippen LogP contribution is -2.59. The third-order valence-corrected chi connectivity index (χ3v) is 7.72. The molecule has 0 amide bonds. The Hall–Kier alpha value is -1.18. The second kappa shape index (κ2) is 3.17. The molecule has 0 radical (unpaired) electrons. The maximum atomic E-state index is 12.9. The van der Waals surface area contributed by atoms with Gasteiger partial charge in [-0.05, 0) is 12.8 Å². The van der Waals surface area contributed by atoms with Crippen molar-refractivity contribution in [3.63, 3.8) is 0 Å². The van der Waals surface area contributed by atoms with Crippen LogP contribution in [-0.4, -0.2) is 56.9 Å². The quantitative estimate of drug-likeness (QED) is 0.663. The number of rotatable bonds is 2. The van der Waals surface area contributed by atoms with Crippen LogP contribution in [0.4, 0.5) is 0 Å². The van der Waals surface area contributed by atoms with Gasteiger partial charge in [-0.15, -0.1) is 0 Å². The number of esters is 2. The first-order chi connectivity index (χ1) is 11.1. The van der Waals surface area contributed by atoms with Crippen LogP contribution in [0.2, 0.25) is 0 Å². The second-order valence-corrected chi connectivity index (χ2v) is 7.56. The van der Waals surface area contributed by atoms with E-state index in [1.54, 1.807) is 0 Å². The van der Waals surface area contributed by atoms with Crippen molar-refractivity contribution in [2.75, 3.05) is 27.4 Å². The van der Waals surface area contributed by atoms with Crippen LogP contribution in [-0.2, 0) is 33.3 Å². The molecule has 6 unspecified atom stereocenters. The second-order valence-electron chi connectivity index (χ2n) is 7.56. The van der Waals surface area contributed by atoms with E-state index in [2.05, 4.69) is 0 Å². The lowest BCUT2D eigenvalue weighted by atomic mass is 9.60. The molecule has 7 fully saturated rings. The van der Waals surface area contributed by atoms with Gasteiger partial charge in [-0.25, -0.2) is 0 Å². The van der Waals surface area contributed by atoms with Crippen LogP contribution < -0.4 is 0 Å². The molecule has 7 nitrogen and oxygen atoms in total. The average molecular weight is 322 g/mol. The number of carbonyl (C=O) groups is 2. The van der Waals surface area contributed by atoms with Gasteiger partial charge in [0.15, 0.2) is 5.79 Å². The predicted octanol–water partition coefficient (Wildman–Crippen LogP) is 0.0132. The molecule has 4 aliphatic carbocycles. The van der Waals surface area contributed by atoms with E-state index in [1.165, 1.54) is 14.2 Å². The van der Waals surface area contributed by atoms with Crippen LogP contribution in [0.5, 0.6) is 0 Å². The van der Waals surface area contributed by atoms with E-state index in [-0.39, 0.29) is 24.0 Å². The van der Waals surface area contributed by atoms with E-state index >= 15 is 0 Å². The molecule has 7 rings (SSSR count). The molecule has 6 atom stereocenters. The number of ether oxygens (including phenoxy) is 5. The summed E-state index contributed by atoms with van der Waals surface area (Å²) in [6.45, 7) is 1.02. The van der Waals surface area contributed by atoms with Crippen LogP contribution in [0.15, 0.2) is 0 Å². The fourth-order valence-corrected chi connectivity index (χ4v) is 7.70. The third-order valence-electron chi connectivity index (χ3n) is 7.72. The molecule has 0 aromatic heterocycles. The summed E-state index contributed by atoms with van der Waals surface area (Å²) in [5.74, 6) is -1.60.